The van der Waals surface area contributed by atoms with Crippen LogP contribution in [0.15, 0.2) is 54.9 Å². The first-order valence-electron chi connectivity index (χ1n) is 6.52. The highest BCUT2D eigenvalue weighted by Crippen LogP contribution is 2.17. The second kappa shape index (κ2) is 5.17. The van der Waals surface area contributed by atoms with Gasteiger partial charge >= 0.3 is 0 Å². The van der Waals surface area contributed by atoms with Crippen LogP contribution in [0.4, 0.5) is 5.69 Å². The van der Waals surface area contributed by atoms with E-state index in [1.807, 2.05) is 41.1 Å². The number of nitrogen functional groups attached to an aromatic ring is 1. The number of nitrogens with two attached hydrogens (primary N) is 1. The van der Waals surface area contributed by atoms with Gasteiger partial charge in [-0.25, -0.2) is 9.67 Å². The lowest BCUT2D eigenvalue weighted by atomic mass is 10.1. The molecule has 1 aromatic heterocycles. The van der Waals surface area contributed by atoms with Gasteiger partial charge in [-0.1, -0.05) is 36.4 Å². The van der Waals surface area contributed by atoms with E-state index in [-0.39, 0.29) is 0 Å². The maximum absolute atomic E-state index is 5.78. The third kappa shape index (κ3) is 2.54. The Hall–Kier alpha value is -2.62. The van der Waals surface area contributed by atoms with Crippen LogP contribution in [0, 0.1) is 6.92 Å². The molecule has 0 aliphatic rings. The fourth-order valence-corrected chi connectivity index (χ4v) is 2.14. The molecule has 0 aliphatic carbocycles. The molecular weight excluding hydrogens is 248 g/mol. The lowest BCUT2D eigenvalue weighted by Gasteiger charge is -2.04. The van der Waals surface area contributed by atoms with E-state index in [9.17, 15) is 0 Å². The molecule has 2 aromatic carbocycles. The summed E-state index contributed by atoms with van der Waals surface area (Å²) < 4.78 is 1.85. The highest BCUT2D eigenvalue weighted by atomic mass is 15.3. The van der Waals surface area contributed by atoms with E-state index in [4.69, 9.17) is 5.73 Å². The van der Waals surface area contributed by atoms with Gasteiger partial charge in [-0.15, -0.1) is 0 Å². The molecule has 4 nitrogen and oxygen atoms in total. The van der Waals surface area contributed by atoms with Crippen molar-refractivity contribution in [3.63, 3.8) is 0 Å². The van der Waals surface area contributed by atoms with Crippen LogP contribution in [-0.4, -0.2) is 14.8 Å². The SMILES string of the molecule is Cc1ccccc1Cn1cnc(-c2cccc(N)c2)n1. The van der Waals surface area contributed by atoms with Crippen molar-refractivity contribution in [2.45, 2.75) is 13.5 Å². The summed E-state index contributed by atoms with van der Waals surface area (Å²) in [5.41, 5.74) is 9.95. The van der Waals surface area contributed by atoms with Crippen molar-refractivity contribution in [2.75, 3.05) is 5.73 Å². The Morgan fingerprint density at radius 3 is 2.75 bits per heavy atom. The highest BCUT2D eigenvalue weighted by molar-refractivity contribution is 5.60. The van der Waals surface area contributed by atoms with Crippen LogP contribution in [0.5, 0.6) is 0 Å². The standard InChI is InChI=1S/C16H16N4/c1-12-5-2-3-6-14(12)10-20-11-18-16(19-20)13-7-4-8-15(17)9-13/h2-9,11H,10,17H2,1H3. The summed E-state index contributed by atoms with van der Waals surface area (Å²) in [7, 11) is 0. The Balaban J connectivity index is 1.86. The largest absolute Gasteiger partial charge is 0.399 e. The topological polar surface area (TPSA) is 56.7 Å². The molecule has 4 heteroatoms. The van der Waals surface area contributed by atoms with Gasteiger partial charge in [0.1, 0.15) is 6.33 Å². The first kappa shape index (κ1) is 12.4. The molecule has 3 aromatic rings. The van der Waals surface area contributed by atoms with Crippen molar-refractivity contribution in [1.82, 2.24) is 14.8 Å². The van der Waals surface area contributed by atoms with E-state index in [0.717, 1.165) is 17.8 Å². The molecule has 20 heavy (non-hydrogen) atoms. The number of benzene rings is 2. The number of hydrogen-bond donors (Lipinski definition) is 1. The van der Waals surface area contributed by atoms with Crippen molar-refractivity contribution >= 4 is 5.69 Å². The van der Waals surface area contributed by atoms with Gasteiger partial charge < -0.3 is 5.73 Å². The smallest absolute Gasteiger partial charge is 0.181 e. The molecule has 3 rings (SSSR count). The predicted octanol–water partition coefficient (Wildman–Crippen LogP) is 2.88. The molecule has 0 atom stereocenters. The second-order valence-electron chi connectivity index (χ2n) is 4.82. The maximum Gasteiger partial charge on any atom is 0.181 e. The summed E-state index contributed by atoms with van der Waals surface area (Å²) in [6.45, 7) is 2.83. The van der Waals surface area contributed by atoms with Crippen molar-refractivity contribution in [2.24, 2.45) is 0 Å². The maximum atomic E-state index is 5.78. The minimum absolute atomic E-state index is 0.700. The lowest BCUT2D eigenvalue weighted by molar-refractivity contribution is 0.684. The van der Waals surface area contributed by atoms with E-state index < -0.39 is 0 Å². The number of rotatable bonds is 3. The third-order valence-electron chi connectivity index (χ3n) is 3.27. The van der Waals surface area contributed by atoms with Crippen molar-refractivity contribution in [3.8, 4) is 11.4 Å². The molecule has 0 saturated carbocycles. The van der Waals surface area contributed by atoms with Gasteiger partial charge in [0.25, 0.3) is 0 Å². The molecule has 0 fully saturated rings. The van der Waals surface area contributed by atoms with Gasteiger partial charge in [0.05, 0.1) is 6.54 Å². The molecule has 0 saturated heterocycles. The zero-order valence-corrected chi connectivity index (χ0v) is 11.3. The third-order valence-corrected chi connectivity index (χ3v) is 3.27. The summed E-state index contributed by atoms with van der Waals surface area (Å²) in [5.74, 6) is 0.700. The molecule has 0 radical (unpaired) electrons. The minimum Gasteiger partial charge on any atom is -0.399 e. The van der Waals surface area contributed by atoms with E-state index in [1.165, 1.54) is 11.1 Å². The molecule has 0 unspecified atom stereocenters. The molecule has 0 aliphatic heterocycles. The van der Waals surface area contributed by atoms with Gasteiger partial charge in [-0.05, 0) is 30.2 Å². The summed E-state index contributed by atoms with van der Waals surface area (Å²) in [6.07, 6.45) is 1.75. The molecule has 100 valence electrons. The van der Waals surface area contributed by atoms with Crippen molar-refractivity contribution < 1.29 is 0 Å². The number of anilines is 1. The molecule has 2 N–H and O–H groups in total. The average Bonchev–Trinajstić information content (AvgIpc) is 2.90. The van der Waals surface area contributed by atoms with Gasteiger partial charge in [-0.2, -0.15) is 5.10 Å². The predicted molar refractivity (Wildman–Crippen MR) is 80.2 cm³/mol. The number of aromatic nitrogens is 3. The van der Waals surface area contributed by atoms with E-state index in [0.29, 0.717) is 5.82 Å². The number of aryl methyl sites for hydroxylation is 1. The molecule has 0 bridgehead atoms. The molecular formula is C16H16N4. The first-order chi connectivity index (χ1) is 9.72. The Labute approximate surface area is 117 Å². The van der Waals surface area contributed by atoms with Crippen LogP contribution < -0.4 is 5.73 Å². The molecule has 0 spiro atoms. The van der Waals surface area contributed by atoms with Crippen LogP contribution in [0.3, 0.4) is 0 Å². The van der Waals surface area contributed by atoms with Crippen LogP contribution in [0.25, 0.3) is 11.4 Å². The zero-order valence-electron chi connectivity index (χ0n) is 11.3. The molecule has 1 heterocycles. The van der Waals surface area contributed by atoms with Gasteiger partial charge in [0, 0.05) is 11.3 Å². The quantitative estimate of drug-likeness (QED) is 0.740. The van der Waals surface area contributed by atoms with Crippen molar-refractivity contribution in [3.05, 3.63) is 66.0 Å². The summed E-state index contributed by atoms with van der Waals surface area (Å²) in [4.78, 5) is 4.35. The highest BCUT2D eigenvalue weighted by Gasteiger charge is 2.05. The summed E-state index contributed by atoms with van der Waals surface area (Å²) in [6, 6.07) is 15.9. The Morgan fingerprint density at radius 2 is 1.95 bits per heavy atom. The minimum atomic E-state index is 0.700. The van der Waals surface area contributed by atoms with Gasteiger partial charge in [0.2, 0.25) is 0 Å². The Morgan fingerprint density at radius 1 is 1.10 bits per heavy atom. The summed E-state index contributed by atoms with van der Waals surface area (Å²) >= 11 is 0. The Kier molecular flexibility index (Phi) is 3.21. The monoisotopic (exact) mass is 264 g/mol. The van der Waals surface area contributed by atoms with Crippen molar-refractivity contribution in [1.29, 1.82) is 0 Å². The molecule has 0 amide bonds. The van der Waals surface area contributed by atoms with Crippen LogP contribution in [-0.2, 0) is 6.54 Å². The summed E-state index contributed by atoms with van der Waals surface area (Å²) in [5, 5.41) is 4.51. The number of nitrogens with zero attached hydrogens (tertiary/aromatic N) is 3. The second-order valence-corrected chi connectivity index (χ2v) is 4.82. The average molecular weight is 264 g/mol. The van der Waals surface area contributed by atoms with E-state index in [1.54, 1.807) is 6.33 Å². The number of hydrogen-bond acceptors (Lipinski definition) is 3. The lowest BCUT2D eigenvalue weighted by Crippen LogP contribution is -2.02. The normalized spacial score (nSPS) is 10.7. The van der Waals surface area contributed by atoms with Gasteiger partial charge in [0.15, 0.2) is 5.82 Å². The fourth-order valence-electron chi connectivity index (χ4n) is 2.14. The van der Waals surface area contributed by atoms with E-state index >= 15 is 0 Å². The van der Waals surface area contributed by atoms with Crippen LogP contribution >= 0.6 is 0 Å². The van der Waals surface area contributed by atoms with Gasteiger partial charge in [-0.3, -0.25) is 0 Å². The van der Waals surface area contributed by atoms with Crippen LogP contribution in [0.2, 0.25) is 0 Å². The fraction of sp³-hybridized carbons (Fsp3) is 0.125. The first-order valence-corrected chi connectivity index (χ1v) is 6.52. The zero-order chi connectivity index (χ0) is 13.9. The van der Waals surface area contributed by atoms with E-state index in [2.05, 4.69) is 29.1 Å². The Bertz CT molecular complexity index is 731. The van der Waals surface area contributed by atoms with Crippen LogP contribution in [0.1, 0.15) is 11.1 Å².